The second-order valence-corrected chi connectivity index (χ2v) is 4.82. The van der Waals surface area contributed by atoms with Crippen molar-refractivity contribution >= 4 is 0 Å². The average molecular weight is 221 g/mol. The van der Waals surface area contributed by atoms with Crippen molar-refractivity contribution in [2.75, 3.05) is 7.05 Å². The highest BCUT2D eigenvalue weighted by Gasteiger charge is 2.26. The maximum atomic E-state index is 5.55. The van der Waals surface area contributed by atoms with Gasteiger partial charge in [0, 0.05) is 18.0 Å². The fraction of sp³-hybridized carbons (Fsp3) is 0.714. The summed E-state index contributed by atoms with van der Waals surface area (Å²) in [5.74, 6) is 1.95. The normalized spacial score (nSPS) is 19.9. The first-order valence-corrected chi connectivity index (χ1v) is 6.60. The lowest BCUT2D eigenvalue weighted by molar-refractivity contribution is 0.279. The van der Waals surface area contributed by atoms with Gasteiger partial charge in [-0.25, -0.2) is 0 Å². The van der Waals surface area contributed by atoms with Crippen molar-refractivity contribution < 1.29 is 4.42 Å². The van der Waals surface area contributed by atoms with Crippen LogP contribution in [0, 0.1) is 5.92 Å². The summed E-state index contributed by atoms with van der Waals surface area (Å²) in [6.07, 6.45) is 9.75. The summed E-state index contributed by atoms with van der Waals surface area (Å²) in [6, 6.07) is 2.64. The van der Waals surface area contributed by atoms with Crippen LogP contribution in [0.1, 0.15) is 56.4 Å². The number of hydrogen-bond donors (Lipinski definition) is 1. The molecule has 0 aromatic carbocycles. The van der Waals surface area contributed by atoms with Crippen LogP contribution in [0.15, 0.2) is 16.7 Å². The van der Waals surface area contributed by atoms with Crippen LogP contribution in [0.25, 0.3) is 0 Å². The molecule has 1 aromatic heterocycles. The molecule has 0 aliphatic heterocycles. The Morgan fingerprint density at radius 3 is 2.75 bits per heavy atom. The number of hydrogen-bond acceptors (Lipinski definition) is 2. The quantitative estimate of drug-likeness (QED) is 0.839. The zero-order valence-electron chi connectivity index (χ0n) is 10.5. The van der Waals surface area contributed by atoms with Gasteiger partial charge in [0.05, 0.1) is 6.26 Å². The van der Waals surface area contributed by atoms with Gasteiger partial charge in [-0.1, -0.05) is 26.2 Å². The van der Waals surface area contributed by atoms with Crippen molar-refractivity contribution in [2.24, 2.45) is 5.92 Å². The third-order valence-electron chi connectivity index (χ3n) is 3.87. The summed E-state index contributed by atoms with van der Waals surface area (Å²) in [5.41, 5.74) is 1.39. The first kappa shape index (κ1) is 11.7. The van der Waals surface area contributed by atoms with Gasteiger partial charge in [-0.15, -0.1) is 0 Å². The smallest absolute Gasteiger partial charge is 0.108 e. The van der Waals surface area contributed by atoms with Crippen molar-refractivity contribution in [3.05, 3.63) is 23.7 Å². The van der Waals surface area contributed by atoms with Crippen molar-refractivity contribution in [3.8, 4) is 0 Å². The maximum Gasteiger partial charge on any atom is 0.108 e. The molecule has 90 valence electrons. The molecule has 1 aliphatic carbocycles. The Balaban J connectivity index is 2.14. The van der Waals surface area contributed by atoms with Gasteiger partial charge in [0.15, 0.2) is 0 Å². The molecule has 1 aromatic rings. The molecule has 0 spiro atoms. The van der Waals surface area contributed by atoms with Gasteiger partial charge in [-0.2, -0.15) is 0 Å². The Kier molecular flexibility index (Phi) is 4.05. The molecule has 16 heavy (non-hydrogen) atoms. The molecule has 1 unspecified atom stereocenters. The van der Waals surface area contributed by atoms with E-state index in [-0.39, 0.29) is 0 Å². The summed E-state index contributed by atoms with van der Waals surface area (Å²) in [5, 5.41) is 3.49. The van der Waals surface area contributed by atoms with Crippen LogP contribution in [-0.2, 0) is 6.42 Å². The Morgan fingerprint density at radius 2 is 2.12 bits per heavy atom. The van der Waals surface area contributed by atoms with E-state index in [4.69, 9.17) is 4.42 Å². The second kappa shape index (κ2) is 5.53. The topological polar surface area (TPSA) is 25.2 Å². The maximum absolute atomic E-state index is 5.55. The predicted octanol–water partition coefficient (Wildman–Crippen LogP) is 3.68. The van der Waals surface area contributed by atoms with Crippen LogP contribution in [0.5, 0.6) is 0 Å². The number of rotatable bonds is 4. The van der Waals surface area contributed by atoms with E-state index in [9.17, 15) is 0 Å². The van der Waals surface area contributed by atoms with Gasteiger partial charge in [0.25, 0.3) is 0 Å². The Morgan fingerprint density at radius 1 is 1.38 bits per heavy atom. The van der Waals surface area contributed by atoms with Gasteiger partial charge < -0.3 is 9.73 Å². The lowest BCUT2D eigenvalue weighted by atomic mass is 9.81. The van der Waals surface area contributed by atoms with Gasteiger partial charge >= 0.3 is 0 Å². The number of furan rings is 1. The molecule has 1 heterocycles. The first-order chi connectivity index (χ1) is 7.86. The van der Waals surface area contributed by atoms with Crippen molar-refractivity contribution in [2.45, 2.75) is 51.5 Å². The Labute approximate surface area is 98.4 Å². The van der Waals surface area contributed by atoms with E-state index in [0.29, 0.717) is 6.04 Å². The monoisotopic (exact) mass is 221 g/mol. The van der Waals surface area contributed by atoms with E-state index in [1.54, 1.807) is 0 Å². The summed E-state index contributed by atoms with van der Waals surface area (Å²) < 4.78 is 5.55. The molecule has 1 aliphatic rings. The van der Waals surface area contributed by atoms with Gasteiger partial charge in [-0.05, 0) is 31.9 Å². The predicted molar refractivity (Wildman–Crippen MR) is 66.5 cm³/mol. The van der Waals surface area contributed by atoms with E-state index in [1.807, 2.05) is 6.26 Å². The summed E-state index contributed by atoms with van der Waals surface area (Å²) in [7, 11) is 2.08. The highest BCUT2D eigenvalue weighted by atomic mass is 16.3. The van der Waals surface area contributed by atoms with Crippen molar-refractivity contribution in [3.63, 3.8) is 0 Å². The highest BCUT2D eigenvalue weighted by molar-refractivity contribution is 5.22. The van der Waals surface area contributed by atoms with Gasteiger partial charge in [0.1, 0.15) is 5.76 Å². The highest BCUT2D eigenvalue weighted by Crippen LogP contribution is 2.35. The molecule has 2 heteroatoms. The van der Waals surface area contributed by atoms with E-state index < -0.39 is 0 Å². The Hall–Kier alpha value is -0.760. The molecule has 0 radical (unpaired) electrons. The molecule has 1 fully saturated rings. The number of aryl methyl sites for hydroxylation is 1. The molecule has 0 bridgehead atoms. The van der Waals surface area contributed by atoms with Crippen LogP contribution in [-0.4, -0.2) is 7.05 Å². The minimum Gasteiger partial charge on any atom is -0.469 e. The third-order valence-corrected chi connectivity index (χ3v) is 3.87. The summed E-state index contributed by atoms with van der Waals surface area (Å²) >= 11 is 0. The SMILES string of the molecule is CCc1occc1C(NC)C1CCCCC1. The zero-order chi connectivity index (χ0) is 11.4. The molecular formula is C14H23NO. The van der Waals surface area contributed by atoms with Crippen LogP contribution in [0.2, 0.25) is 0 Å². The van der Waals surface area contributed by atoms with Crippen LogP contribution in [0.3, 0.4) is 0 Å². The van der Waals surface area contributed by atoms with Gasteiger partial charge in [-0.3, -0.25) is 0 Å². The lowest BCUT2D eigenvalue weighted by Gasteiger charge is -2.30. The first-order valence-electron chi connectivity index (χ1n) is 6.60. The van der Waals surface area contributed by atoms with E-state index >= 15 is 0 Å². The molecule has 0 saturated heterocycles. The lowest BCUT2D eigenvalue weighted by Crippen LogP contribution is -2.27. The molecule has 2 rings (SSSR count). The van der Waals surface area contributed by atoms with E-state index in [2.05, 4.69) is 25.4 Å². The largest absolute Gasteiger partial charge is 0.469 e. The molecule has 2 nitrogen and oxygen atoms in total. The van der Waals surface area contributed by atoms with Crippen molar-refractivity contribution in [1.29, 1.82) is 0 Å². The molecule has 1 atom stereocenters. The van der Waals surface area contributed by atoms with Crippen molar-refractivity contribution in [1.82, 2.24) is 5.32 Å². The summed E-state index contributed by atoms with van der Waals surface area (Å²) in [6.45, 7) is 2.16. The van der Waals surface area contributed by atoms with Crippen LogP contribution >= 0.6 is 0 Å². The standard InChI is InChI=1S/C14H23NO/c1-3-13-12(9-10-16-13)14(15-2)11-7-5-4-6-8-11/h9-11,14-15H,3-8H2,1-2H3. The summed E-state index contributed by atoms with van der Waals surface area (Å²) in [4.78, 5) is 0. The van der Waals surface area contributed by atoms with E-state index in [1.165, 1.54) is 37.7 Å². The fourth-order valence-electron chi connectivity index (χ4n) is 3.03. The molecule has 0 amide bonds. The van der Waals surface area contributed by atoms with E-state index in [0.717, 1.165) is 18.1 Å². The molecule has 1 saturated carbocycles. The van der Waals surface area contributed by atoms with Gasteiger partial charge in [0.2, 0.25) is 0 Å². The second-order valence-electron chi connectivity index (χ2n) is 4.82. The zero-order valence-corrected chi connectivity index (χ0v) is 10.5. The molecule has 1 N–H and O–H groups in total. The molecular weight excluding hydrogens is 198 g/mol. The van der Waals surface area contributed by atoms with Crippen LogP contribution < -0.4 is 5.32 Å². The fourth-order valence-corrected chi connectivity index (χ4v) is 3.03. The van der Waals surface area contributed by atoms with Crippen LogP contribution in [0.4, 0.5) is 0 Å². The number of nitrogens with one attached hydrogen (secondary N) is 1. The minimum atomic E-state index is 0.494. The minimum absolute atomic E-state index is 0.494. The Bertz CT molecular complexity index is 312. The average Bonchev–Trinajstić information content (AvgIpc) is 2.80. The third kappa shape index (κ3) is 2.32.